The SMILES string of the molecule is Cn1cnc(S(=O)(=O)NCc2cc[nH]c2)c1Cl. The summed E-state index contributed by atoms with van der Waals surface area (Å²) in [6, 6.07) is 1.78. The van der Waals surface area contributed by atoms with E-state index >= 15 is 0 Å². The fourth-order valence-electron chi connectivity index (χ4n) is 1.29. The van der Waals surface area contributed by atoms with E-state index in [9.17, 15) is 8.42 Å². The van der Waals surface area contributed by atoms with Crippen molar-refractivity contribution in [3.8, 4) is 0 Å². The Hall–Kier alpha value is -1.31. The predicted octanol–water partition coefficient (Wildman–Crippen LogP) is 0.880. The summed E-state index contributed by atoms with van der Waals surface area (Å²) in [4.78, 5) is 6.60. The first kappa shape index (κ1) is 12.2. The lowest BCUT2D eigenvalue weighted by Crippen LogP contribution is -2.23. The van der Waals surface area contributed by atoms with Gasteiger partial charge in [0.25, 0.3) is 10.0 Å². The number of rotatable bonds is 4. The summed E-state index contributed by atoms with van der Waals surface area (Å²) in [7, 11) is -2.05. The lowest BCUT2D eigenvalue weighted by molar-refractivity contribution is 0.578. The van der Waals surface area contributed by atoms with E-state index in [1.807, 2.05) is 0 Å². The number of nitrogens with one attached hydrogen (secondary N) is 2. The summed E-state index contributed by atoms with van der Waals surface area (Å²) in [5.41, 5.74) is 0.834. The number of H-pyrrole nitrogens is 1. The molecule has 0 aromatic carbocycles. The molecule has 0 aliphatic carbocycles. The molecule has 6 nitrogen and oxygen atoms in total. The molecule has 17 heavy (non-hydrogen) atoms. The number of aromatic nitrogens is 3. The Labute approximate surface area is 104 Å². The highest BCUT2D eigenvalue weighted by molar-refractivity contribution is 7.89. The zero-order valence-electron chi connectivity index (χ0n) is 9.01. The molecule has 0 fully saturated rings. The summed E-state index contributed by atoms with van der Waals surface area (Å²) < 4.78 is 27.6. The molecular weight excluding hydrogens is 264 g/mol. The van der Waals surface area contributed by atoms with Gasteiger partial charge in [-0.1, -0.05) is 11.6 Å². The minimum atomic E-state index is -3.67. The number of aryl methyl sites for hydroxylation is 1. The molecule has 8 heteroatoms. The summed E-state index contributed by atoms with van der Waals surface area (Å²) in [5.74, 6) is 0. The summed E-state index contributed by atoms with van der Waals surface area (Å²) in [6.07, 6.45) is 4.78. The zero-order chi connectivity index (χ0) is 12.5. The van der Waals surface area contributed by atoms with Gasteiger partial charge in [0, 0.05) is 26.0 Å². The van der Waals surface area contributed by atoms with Crippen LogP contribution < -0.4 is 4.72 Å². The quantitative estimate of drug-likeness (QED) is 0.869. The van der Waals surface area contributed by atoms with Gasteiger partial charge in [0.05, 0.1) is 6.33 Å². The molecule has 0 saturated heterocycles. The molecule has 2 aromatic rings. The number of sulfonamides is 1. The molecule has 2 rings (SSSR count). The van der Waals surface area contributed by atoms with Crippen LogP contribution in [-0.4, -0.2) is 23.0 Å². The van der Waals surface area contributed by atoms with Crippen molar-refractivity contribution in [3.05, 3.63) is 35.5 Å². The van der Waals surface area contributed by atoms with E-state index < -0.39 is 10.0 Å². The van der Waals surface area contributed by atoms with Crippen molar-refractivity contribution in [1.29, 1.82) is 0 Å². The fourth-order valence-corrected chi connectivity index (χ4v) is 2.73. The molecule has 92 valence electrons. The maximum absolute atomic E-state index is 11.9. The Morgan fingerprint density at radius 3 is 2.88 bits per heavy atom. The smallest absolute Gasteiger partial charge is 0.261 e. The van der Waals surface area contributed by atoms with Crippen LogP contribution >= 0.6 is 11.6 Å². The molecule has 0 unspecified atom stereocenters. The predicted molar refractivity (Wildman–Crippen MR) is 63.0 cm³/mol. The van der Waals surface area contributed by atoms with E-state index in [0.717, 1.165) is 5.56 Å². The zero-order valence-corrected chi connectivity index (χ0v) is 10.6. The minimum absolute atomic E-state index is 0.0894. The molecular formula is C9H11ClN4O2S. The molecule has 0 aliphatic heterocycles. The largest absolute Gasteiger partial charge is 0.367 e. The third kappa shape index (κ3) is 2.51. The molecule has 0 radical (unpaired) electrons. The summed E-state index contributed by atoms with van der Waals surface area (Å²) in [6.45, 7) is 0.193. The van der Waals surface area contributed by atoms with E-state index in [1.54, 1.807) is 25.5 Å². The monoisotopic (exact) mass is 274 g/mol. The second-order valence-corrected chi connectivity index (χ2v) is 5.54. The normalized spacial score (nSPS) is 11.9. The van der Waals surface area contributed by atoms with Crippen LogP contribution in [0.4, 0.5) is 0 Å². The maximum Gasteiger partial charge on any atom is 0.261 e. The number of imidazole rings is 1. The van der Waals surface area contributed by atoms with Gasteiger partial charge in [0.15, 0.2) is 0 Å². The van der Waals surface area contributed by atoms with Gasteiger partial charge in [-0.2, -0.15) is 0 Å². The van der Waals surface area contributed by atoms with Gasteiger partial charge in [0.2, 0.25) is 5.03 Å². The summed E-state index contributed by atoms with van der Waals surface area (Å²) >= 11 is 5.83. The van der Waals surface area contributed by atoms with Crippen LogP contribution in [0.25, 0.3) is 0 Å². The molecule has 2 heterocycles. The molecule has 0 bridgehead atoms. The number of nitrogens with zero attached hydrogens (tertiary/aromatic N) is 2. The highest BCUT2D eigenvalue weighted by atomic mass is 35.5. The number of hydrogen-bond acceptors (Lipinski definition) is 3. The van der Waals surface area contributed by atoms with Gasteiger partial charge in [-0.3, -0.25) is 0 Å². The second-order valence-electron chi connectivity index (χ2n) is 3.50. The van der Waals surface area contributed by atoms with Gasteiger partial charge in [-0.05, 0) is 11.6 Å². The summed E-state index contributed by atoms with van der Waals surface area (Å²) in [5, 5.41) is -0.0660. The van der Waals surface area contributed by atoms with Crippen molar-refractivity contribution in [3.63, 3.8) is 0 Å². The topological polar surface area (TPSA) is 79.8 Å². The molecule has 2 aromatic heterocycles. The Morgan fingerprint density at radius 1 is 1.59 bits per heavy atom. The van der Waals surface area contributed by atoms with E-state index in [-0.39, 0.29) is 16.7 Å². The maximum atomic E-state index is 11.9. The Bertz CT molecular complexity index is 603. The van der Waals surface area contributed by atoms with Gasteiger partial charge >= 0.3 is 0 Å². The fraction of sp³-hybridized carbons (Fsp3) is 0.222. The molecule has 2 N–H and O–H groups in total. The number of aromatic amines is 1. The lowest BCUT2D eigenvalue weighted by Gasteiger charge is -2.03. The minimum Gasteiger partial charge on any atom is -0.367 e. The van der Waals surface area contributed by atoms with Crippen molar-refractivity contribution in [2.75, 3.05) is 0 Å². The van der Waals surface area contributed by atoms with E-state index in [4.69, 9.17) is 11.6 Å². The lowest BCUT2D eigenvalue weighted by atomic mass is 10.4. The standard InChI is InChI=1S/C9H11ClN4O2S/c1-14-6-12-9(8(14)10)17(15,16)13-5-7-2-3-11-4-7/h2-4,6,11,13H,5H2,1H3. The number of halogens is 1. The average molecular weight is 275 g/mol. The van der Waals surface area contributed by atoms with Crippen molar-refractivity contribution >= 4 is 21.6 Å². The highest BCUT2D eigenvalue weighted by Gasteiger charge is 2.21. The average Bonchev–Trinajstić information content (AvgIpc) is 2.88. The Morgan fingerprint density at radius 2 is 2.35 bits per heavy atom. The van der Waals surface area contributed by atoms with Crippen molar-refractivity contribution in [1.82, 2.24) is 19.3 Å². The van der Waals surface area contributed by atoms with Crippen LogP contribution in [0.3, 0.4) is 0 Å². The van der Waals surface area contributed by atoms with Crippen LogP contribution in [0, 0.1) is 0 Å². The van der Waals surface area contributed by atoms with Crippen LogP contribution in [-0.2, 0) is 23.6 Å². The third-order valence-corrected chi connectivity index (χ3v) is 4.11. The first-order valence-corrected chi connectivity index (χ1v) is 6.65. The molecule has 0 aliphatic rings. The molecule has 0 saturated carbocycles. The first-order valence-electron chi connectivity index (χ1n) is 4.79. The van der Waals surface area contributed by atoms with Crippen molar-refractivity contribution < 1.29 is 8.42 Å². The van der Waals surface area contributed by atoms with E-state index in [1.165, 1.54) is 10.9 Å². The van der Waals surface area contributed by atoms with Crippen LogP contribution in [0.15, 0.2) is 29.8 Å². The molecule has 0 atom stereocenters. The van der Waals surface area contributed by atoms with Gasteiger partial charge in [-0.15, -0.1) is 0 Å². The Kier molecular flexibility index (Phi) is 3.23. The van der Waals surface area contributed by atoms with E-state index in [0.29, 0.717) is 0 Å². The van der Waals surface area contributed by atoms with Crippen LogP contribution in [0.2, 0.25) is 5.15 Å². The van der Waals surface area contributed by atoms with Gasteiger partial charge in [-0.25, -0.2) is 18.1 Å². The number of hydrogen-bond donors (Lipinski definition) is 2. The van der Waals surface area contributed by atoms with Crippen molar-refractivity contribution in [2.24, 2.45) is 7.05 Å². The first-order chi connectivity index (χ1) is 8.00. The highest BCUT2D eigenvalue weighted by Crippen LogP contribution is 2.18. The van der Waals surface area contributed by atoms with Crippen LogP contribution in [0.5, 0.6) is 0 Å². The van der Waals surface area contributed by atoms with Crippen molar-refractivity contribution in [2.45, 2.75) is 11.6 Å². The second kappa shape index (κ2) is 4.52. The van der Waals surface area contributed by atoms with E-state index in [2.05, 4.69) is 14.7 Å². The molecule has 0 amide bonds. The van der Waals surface area contributed by atoms with Crippen LogP contribution in [0.1, 0.15) is 5.56 Å². The van der Waals surface area contributed by atoms with Gasteiger partial charge in [0.1, 0.15) is 5.15 Å². The molecule has 0 spiro atoms. The third-order valence-electron chi connectivity index (χ3n) is 2.22. The Balaban J connectivity index is 2.17. The van der Waals surface area contributed by atoms with Gasteiger partial charge < -0.3 is 9.55 Å².